The van der Waals surface area contributed by atoms with Gasteiger partial charge in [0.25, 0.3) is 0 Å². The van der Waals surface area contributed by atoms with E-state index in [9.17, 15) is 4.21 Å². The molecule has 0 aliphatic heterocycles. The van der Waals surface area contributed by atoms with Crippen LogP contribution in [0.5, 0.6) is 0 Å². The highest BCUT2D eigenvalue weighted by Crippen LogP contribution is 2.22. The summed E-state index contributed by atoms with van der Waals surface area (Å²) >= 11 is 0. The maximum atomic E-state index is 12.5. The van der Waals surface area contributed by atoms with Crippen LogP contribution in [0.25, 0.3) is 0 Å². The number of hydrogen-bond donors (Lipinski definition) is 1. The third-order valence-corrected chi connectivity index (χ3v) is 4.97. The fraction of sp³-hybridized carbons (Fsp3) is 0.625. The molecule has 2 unspecified atom stereocenters. The van der Waals surface area contributed by atoms with Crippen molar-refractivity contribution in [1.82, 2.24) is 5.32 Å². The molecule has 0 saturated heterocycles. The van der Waals surface area contributed by atoms with Crippen LogP contribution in [0, 0.1) is 19.3 Å². The maximum absolute atomic E-state index is 12.5. The molecule has 0 heterocycles. The summed E-state index contributed by atoms with van der Waals surface area (Å²) < 4.78 is 12.5. The predicted octanol–water partition coefficient (Wildman–Crippen LogP) is 3.44. The molecule has 19 heavy (non-hydrogen) atoms. The van der Waals surface area contributed by atoms with Gasteiger partial charge in [-0.05, 0) is 49.1 Å². The number of nitrogens with one attached hydrogen (secondary N) is 1. The van der Waals surface area contributed by atoms with Gasteiger partial charge in [0.1, 0.15) is 0 Å². The van der Waals surface area contributed by atoms with Gasteiger partial charge < -0.3 is 5.32 Å². The SMILES string of the molecule is CCNC(CS(=O)c1ccc(C)c(C)c1)C(C)(C)C. The molecular weight excluding hydrogens is 254 g/mol. The van der Waals surface area contributed by atoms with Crippen molar-refractivity contribution in [3.05, 3.63) is 29.3 Å². The van der Waals surface area contributed by atoms with Crippen molar-refractivity contribution in [3.8, 4) is 0 Å². The Kier molecular flexibility index (Phi) is 5.75. The van der Waals surface area contributed by atoms with Crippen molar-refractivity contribution in [2.45, 2.75) is 52.5 Å². The predicted molar refractivity (Wildman–Crippen MR) is 84.1 cm³/mol. The van der Waals surface area contributed by atoms with Crippen molar-refractivity contribution < 1.29 is 4.21 Å². The van der Waals surface area contributed by atoms with Gasteiger partial charge in [0, 0.05) is 16.7 Å². The average Bonchev–Trinajstić information content (AvgIpc) is 2.30. The summed E-state index contributed by atoms with van der Waals surface area (Å²) in [6.07, 6.45) is 0. The monoisotopic (exact) mass is 281 g/mol. The molecule has 1 rings (SSSR count). The van der Waals surface area contributed by atoms with E-state index in [4.69, 9.17) is 0 Å². The van der Waals surface area contributed by atoms with E-state index < -0.39 is 10.8 Å². The molecule has 0 aliphatic carbocycles. The molecule has 0 saturated carbocycles. The zero-order chi connectivity index (χ0) is 14.6. The standard InChI is InChI=1S/C16H27NOS/c1-7-17-15(16(4,5)6)11-19(18)14-9-8-12(2)13(3)10-14/h8-10,15,17H,7,11H2,1-6H3. The minimum Gasteiger partial charge on any atom is -0.313 e. The first-order valence-corrected chi connectivity index (χ1v) is 8.26. The Labute approximate surface area is 120 Å². The summed E-state index contributed by atoms with van der Waals surface area (Å²) in [6.45, 7) is 13.7. The minimum atomic E-state index is -0.942. The van der Waals surface area contributed by atoms with Crippen LogP contribution in [-0.4, -0.2) is 22.5 Å². The third kappa shape index (κ3) is 4.73. The zero-order valence-corrected chi connectivity index (χ0v) is 13.9. The molecule has 2 nitrogen and oxygen atoms in total. The van der Waals surface area contributed by atoms with Crippen LogP contribution in [0.2, 0.25) is 0 Å². The molecule has 1 aromatic rings. The van der Waals surface area contributed by atoms with Gasteiger partial charge in [0.2, 0.25) is 0 Å². The van der Waals surface area contributed by atoms with Gasteiger partial charge >= 0.3 is 0 Å². The first-order valence-electron chi connectivity index (χ1n) is 6.94. The molecule has 0 fully saturated rings. The van der Waals surface area contributed by atoms with Crippen LogP contribution >= 0.6 is 0 Å². The Bertz CT molecular complexity index is 449. The van der Waals surface area contributed by atoms with Crippen LogP contribution in [0.15, 0.2) is 23.1 Å². The van der Waals surface area contributed by atoms with E-state index in [1.807, 2.05) is 6.07 Å². The molecule has 3 heteroatoms. The van der Waals surface area contributed by atoms with Crippen molar-refractivity contribution in [1.29, 1.82) is 0 Å². The highest BCUT2D eigenvalue weighted by molar-refractivity contribution is 7.85. The van der Waals surface area contributed by atoms with Crippen molar-refractivity contribution in [2.75, 3.05) is 12.3 Å². The second-order valence-electron chi connectivity index (χ2n) is 6.23. The molecule has 0 aromatic heterocycles. The van der Waals surface area contributed by atoms with Gasteiger partial charge in [-0.15, -0.1) is 0 Å². The smallest absolute Gasteiger partial charge is 0.0545 e. The Balaban J connectivity index is 2.84. The Hall–Kier alpha value is -0.670. The first kappa shape index (κ1) is 16.4. The highest BCUT2D eigenvalue weighted by atomic mass is 32.2. The quantitative estimate of drug-likeness (QED) is 0.896. The lowest BCUT2D eigenvalue weighted by Crippen LogP contribution is -2.44. The first-order chi connectivity index (χ1) is 8.75. The zero-order valence-electron chi connectivity index (χ0n) is 13.0. The molecule has 108 valence electrons. The van der Waals surface area contributed by atoms with Gasteiger partial charge in [-0.1, -0.05) is 33.8 Å². The van der Waals surface area contributed by atoms with E-state index in [1.165, 1.54) is 11.1 Å². The molecule has 0 radical (unpaired) electrons. The van der Waals surface area contributed by atoms with Crippen molar-refractivity contribution >= 4 is 10.8 Å². The highest BCUT2D eigenvalue weighted by Gasteiger charge is 2.26. The van der Waals surface area contributed by atoms with E-state index in [0.29, 0.717) is 5.75 Å². The largest absolute Gasteiger partial charge is 0.313 e. The van der Waals surface area contributed by atoms with Gasteiger partial charge in [-0.25, -0.2) is 0 Å². The molecule has 1 N–H and O–H groups in total. The van der Waals surface area contributed by atoms with E-state index in [-0.39, 0.29) is 11.5 Å². The Morgan fingerprint density at radius 1 is 1.21 bits per heavy atom. The van der Waals surface area contributed by atoms with Gasteiger partial charge in [-0.2, -0.15) is 0 Å². The van der Waals surface area contributed by atoms with Crippen LogP contribution in [0.1, 0.15) is 38.8 Å². The average molecular weight is 281 g/mol. The van der Waals surface area contributed by atoms with Crippen molar-refractivity contribution in [2.24, 2.45) is 5.41 Å². The van der Waals surface area contributed by atoms with E-state index >= 15 is 0 Å². The second kappa shape index (κ2) is 6.67. The number of aryl methyl sites for hydroxylation is 2. The minimum absolute atomic E-state index is 0.116. The van der Waals surface area contributed by atoms with Crippen molar-refractivity contribution in [3.63, 3.8) is 0 Å². The Morgan fingerprint density at radius 3 is 2.32 bits per heavy atom. The van der Waals surface area contributed by atoms with Gasteiger partial charge in [0.05, 0.1) is 10.8 Å². The lowest BCUT2D eigenvalue weighted by molar-refractivity contribution is 0.294. The van der Waals surface area contributed by atoms with Crippen LogP contribution in [0.3, 0.4) is 0 Å². The fourth-order valence-electron chi connectivity index (χ4n) is 1.96. The van der Waals surface area contributed by atoms with E-state index in [1.54, 1.807) is 0 Å². The Morgan fingerprint density at radius 2 is 1.84 bits per heavy atom. The van der Waals surface area contributed by atoms with Gasteiger partial charge in [-0.3, -0.25) is 4.21 Å². The second-order valence-corrected chi connectivity index (χ2v) is 7.73. The van der Waals surface area contributed by atoms with Gasteiger partial charge in [0.15, 0.2) is 0 Å². The summed E-state index contributed by atoms with van der Waals surface area (Å²) in [7, 11) is -0.942. The van der Waals surface area contributed by atoms with Crippen LogP contribution < -0.4 is 5.32 Å². The molecule has 1 aromatic carbocycles. The molecule has 2 atom stereocenters. The van der Waals surface area contributed by atoms with Crippen LogP contribution in [0.4, 0.5) is 0 Å². The number of rotatable bonds is 5. The number of benzene rings is 1. The summed E-state index contributed by atoms with van der Waals surface area (Å²) in [5.41, 5.74) is 2.58. The molecule has 0 spiro atoms. The maximum Gasteiger partial charge on any atom is 0.0545 e. The topological polar surface area (TPSA) is 29.1 Å². The fourth-order valence-corrected chi connectivity index (χ4v) is 3.61. The third-order valence-electron chi connectivity index (χ3n) is 3.56. The lowest BCUT2D eigenvalue weighted by Gasteiger charge is -2.31. The summed E-state index contributed by atoms with van der Waals surface area (Å²) in [4.78, 5) is 0.940. The molecule has 0 amide bonds. The van der Waals surface area contributed by atoms with E-state index in [2.05, 4.69) is 59.0 Å². The summed E-state index contributed by atoms with van der Waals surface area (Å²) in [5.74, 6) is 0.667. The normalized spacial score (nSPS) is 15.3. The molecule has 0 bridgehead atoms. The molecule has 0 aliphatic rings. The van der Waals surface area contributed by atoms with Crippen LogP contribution in [-0.2, 0) is 10.8 Å². The van der Waals surface area contributed by atoms with E-state index in [0.717, 1.165) is 11.4 Å². The number of hydrogen-bond acceptors (Lipinski definition) is 2. The molecular formula is C16H27NOS. The summed E-state index contributed by atoms with van der Waals surface area (Å²) in [6, 6.07) is 6.36. The lowest BCUT2D eigenvalue weighted by atomic mass is 9.88. The summed E-state index contributed by atoms with van der Waals surface area (Å²) in [5, 5.41) is 3.46.